The molecule has 0 aromatic heterocycles. The molecule has 5 nitrogen and oxygen atoms in total. The van der Waals surface area contributed by atoms with Crippen LogP contribution in [-0.4, -0.2) is 38.9 Å². The summed E-state index contributed by atoms with van der Waals surface area (Å²) in [6.45, 7) is 5.44. The van der Waals surface area contributed by atoms with E-state index in [4.69, 9.17) is 22.1 Å². The molecule has 0 aliphatic carbocycles. The van der Waals surface area contributed by atoms with E-state index in [1.165, 1.54) is 23.6 Å². The highest BCUT2D eigenvalue weighted by atomic mass is 32.2. The Morgan fingerprint density at radius 3 is 2.96 bits per heavy atom. The molecule has 2 rings (SSSR count). The molecule has 23 heavy (non-hydrogen) atoms. The summed E-state index contributed by atoms with van der Waals surface area (Å²) >= 11 is 6.40. The van der Waals surface area contributed by atoms with E-state index in [0.29, 0.717) is 21.5 Å². The highest BCUT2D eigenvalue weighted by Crippen LogP contribution is 2.32. The van der Waals surface area contributed by atoms with E-state index in [0.717, 1.165) is 5.56 Å². The minimum absolute atomic E-state index is 0.162. The maximum absolute atomic E-state index is 12.3. The molecule has 1 aliphatic heterocycles. The number of hydrogen-bond acceptors (Lipinski definition) is 5. The Labute approximate surface area is 143 Å². The number of amides is 1. The lowest BCUT2D eigenvalue weighted by Crippen LogP contribution is -2.27. The minimum atomic E-state index is -1.04. The maximum atomic E-state index is 12.3. The van der Waals surface area contributed by atoms with E-state index in [1.807, 2.05) is 0 Å². The molecule has 1 N–H and O–H groups in total. The van der Waals surface area contributed by atoms with Crippen LogP contribution in [-0.2, 0) is 9.59 Å². The molecule has 7 heteroatoms. The molecule has 120 valence electrons. The van der Waals surface area contributed by atoms with Gasteiger partial charge in [0.2, 0.25) is 0 Å². The average molecular weight is 349 g/mol. The van der Waals surface area contributed by atoms with Crippen molar-refractivity contribution in [1.29, 1.82) is 0 Å². The van der Waals surface area contributed by atoms with Gasteiger partial charge in [-0.1, -0.05) is 42.2 Å². The van der Waals surface area contributed by atoms with Gasteiger partial charge in [-0.2, -0.15) is 0 Å². The van der Waals surface area contributed by atoms with Gasteiger partial charge in [-0.05, 0) is 30.7 Å². The summed E-state index contributed by atoms with van der Waals surface area (Å²) in [7, 11) is 0. The smallest absolute Gasteiger partial charge is 0.344 e. The van der Waals surface area contributed by atoms with E-state index in [-0.39, 0.29) is 5.91 Å². The first-order valence-electron chi connectivity index (χ1n) is 6.78. The second-order valence-electron chi connectivity index (χ2n) is 4.75. The topological polar surface area (TPSA) is 66.8 Å². The van der Waals surface area contributed by atoms with Crippen LogP contribution in [0.3, 0.4) is 0 Å². The van der Waals surface area contributed by atoms with Crippen molar-refractivity contribution in [3.05, 3.63) is 47.4 Å². The van der Waals surface area contributed by atoms with E-state index in [2.05, 4.69) is 6.58 Å². The number of thiocarbonyl (C=S) groups is 1. The van der Waals surface area contributed by atoms with Crippen molar-refractivity contribution < 1.29 is 19.4 Å². The summed E-state index contributed by atoms with van der Waals surface area (Å²) in [5, 5.41) is 8.87. The Kier molecular flexibility index (Phi) is 5.57. The number of carboxylic acids is 1. The summed E-state index contributed by atoms with van der Waals surface area (Å²) in [5.41, 5.74) is 0.735. The summed E-state index contributed by atoms with van der Waals surface area (Å²) < 4.78 is 5.81. The summed E-state index contributed by atoms with van der Waals surface area (Å²) in [6.07, 6.45) is 2.38. The second-order valence-corrected chi connectivity index (χ2v) is 6.43. The molecule has 1 amide bonds. The molecule has 1 heterocycles. The van der Waals surface area contributed by atoms with Crippen molar-refractivity contribution in [3.8, 4) is 5.75 Å². The zero-order valence-electron chi connectivity index (χ0n) is 12.4. The molecule has 0 saturated carbocycles. The zero-order valence-corrected chi connectivity index (χ0v) is 14.0. The Bertz CT molecular complexity index is 699. The first kappa shape index (κ1) is 17.2. The third-order valence-corrected chi connectivity index (χ3v) is 4.38. The number of thioether (sulfide) groups is 1. The molecule has 1 fully saturated rings. The van der Waals surface area contributed by atoms with Crippen molar-refractivity contribution in [2.75, 3.05) is 6.54 Å². The fourth-order valence-corrected chi connectivity index (χ4v) is 3.15. The lowest BCUT2D eigenvalue weighted by Gasteiger charge is -2.11. The molecule has 1 aromatic rings. The van der Waals surface area contributed by atoms with E-state index < -0.39 is 12.1 Å². The number of carboxylic acid groups (broad SMARTS) is 1. The molecule has 0 spiro atoms. The Morgan fingerprint density at radius 2 is 2.30 bits per heavy atom. The minimum Gasteiger partial charge on any atom is -0.479 e. The predicted molar refractivity (Wildman–Crippen MR) is 94.2 cm³/mol. The van der Waals surface area contributed by atoms with E-state index in [1.54, 1.807) is 36.4 Å². The van der Waals surface area contributed by atoms with Crippen molar-refractivity contribution in [3.63, 3.8) is 0 Å². The fraction of sp³-hybridized carbons (Fsp3) is 0.188. The normalized spacial score (nSPS) is 17.4. The fourth-order valence-electron chi connectivity index (χ4n) is 1.87. The van der Waals surface area contributed by atoms with Crippen LogP contribution >= 0.6 is 24.0 Å². The van der Waals surface area contributed by atoms with Gasteiger partial charge in [0.25, 0.3) is 5.91 Å². The van der Waals surface area contributed by atoms with Crippen LogP contribution in [0.1, 0.15) is 12.5 Å². The van der Waals surface area contributed by atoms with Crippen molar-refractivity contribution in [1.82, 2.24) is 4.90 Å². The zero-order chi connectivity index (χ0) is 17.0. The van der Waals surface area contributed by atoms with Gasteiger partial charge in [-0.25, -0.2) is 4.79 Å². The van der Waals surface area contributed by atoms with Crippen LogP contribution in [0.15, 0.2) is 41.8 Å². The molecule has 0 unspecified atom stereocenters. The number of rotatable bonds is 6. The number of ether oxygens (including phenoxy) is 1. The third-order valence-electron chi connectivity index (χ3n) is 3.00. The van der Waals surface area contributed by atoms with Gasteiger partial charge >= 0.3 is 5.97 Å². The Hall–Kier alpha value is -2.12. The van der Waals surface area contributed by atoms with Gasteiger partial charge < -0.3 is 9.84 Å². The molecule has 1 atom stereocenters. The predicted octanol–water partition coefficient (Wildman–Crippen LogP) is 2.93. The van der Waals surface area contributed by atoms with E-state index >= 15 is 0 Å². The third kappa shape index (κ3) is 4.20. The second kappa shape index (κ2) is 7.43. The van der Waals surface area contributed by atoms with Gasteiger partial charge in [0.15, 0.2) is 6.10 Å². The van der Waals surface area contributed by atoms with Crippen molar-refractivity contribution in [2.45, 2.75) is 13.0 Å². The van der Waals surface area contributed by atoms with Crippen LogP contribution < -0.4 is 4.74 Å². The van der Waals surface area contributed by atoms with E-state index in [9.17, 15) is 9.59 Å². The van der Waals surface area contributed by atoms with Crippen LogP contribution in [0.2, 0.25) is 0 Å². The average Bonchev–Trinajstić information content (AvgIpc) is 2.75. The summed E-state index contributed by atoms with van der Waals surface area (Å²) in [6, 6.07) is 6.89. The van der Waals surface area contributed by atoms with Crippen molar-refractivity contribution >= 4 is 46.3 Å². The lowest BCUT2D eigenvalue weighted by atomic mass is 10.2. The van der Waals surface area contributed by atoms with Crippen LogP contribution in [0.25, 0.3) is 6.08 Å². The van der Waals surface area contributed by atoms with Gasteiger partial charge in [0, 0.05) is 6.54 Å². The SMILES string of the molecule is C=CCN1C(=O)/C(=C\c2cccc(O[C@@H](C)C(=O)O)c2)SC1=S. The Balaban J connectivity index is 2.20. The number of carbonyl (C=O) groups is 2. The largest absolute Gasteiger partial charge is 0.479 e. The van der Waals surface area contributed by atoms with Crippen LogP contribution in [0.5, 0.6) is 5.75 Å². The van der Waals surface area contributed by atoms with Gasteiger partial charge in [-0.15, -0.1) is 6.58 Å². The summed E-state index contributed by atoms with van der Waals surface area (Å²) in [4.78, 5) is 25.1. The Morgan fingerprint density at radius 1 is 1.57 bits per heavy atom. The maximum Gasteiger partial charge on any atom is 0.344 e. The van der Waals surface area contributed by atoms with Crippen molar-refractivity contribution in [2.24, 2.45) is 0 Å². The molecule has 1 aliphatic rings. The number of nitrogens with zero attached hydrogens (tertiary/aromatic N) is 1. The number of aliphatic carboxylic acids is 1. The molecular weight excluding hydrogens is 334 g/mol. The van der Waals surface area contributed by atoms with Gasteiger partial charge in [-0.3, -0.25) is 9.69 Å². The quantitative estimate of drug-likeness (QED) is 0.484. The molecular formula is C16H15NO4S2. The first-order chi connectivity index (χ1) is 10.9. The highest BCUT2D eigenvalue weighted by molar-refractivity contribution is 8.26. The van der Waals surface area contributed by atoms with Crippen LogP contribution in [0.4, 0.5) is 0 Å². The van der Waals surface area contributed by atoms with Gasteiger partial charge in [0.1, 0.15) is 10.1 Å². The number of hydrogen-bond donors (Lipinski definition) is 1. The lowest BCUT2D eigenvalue weighted by molar-refractivity contribution is -0.144. The number of carbonyl (C=O) groups excluding carboxylic acids is 1. The monoisotopic (exact) mass is 349 g/mol. The van der Waals surface area contributed by atoms with Gasteiger partial charge in [0.05, 0.1) is 4.91 Å². The number of benzene rings is 1. The molecule has 0 bridgehead atoms. The standard InChI is InChI=1S/C16H15NO4S2/c1-3-7-17-14(18)13(23-16(17)22)9-11-5-4-6-12(8-11)21-10(2)15(19)20/h3-6,8-10H,1,7H2,2H3,(H,19,20)/b13-9+/t10-/m0/s1. The molecule has 1 aromatic carbocycles. The van der Waals surface area contributed by atoms with Crippen LogP contribution in [0, 0.1) is 0 Å². The molecule has 0 radical (unpaired) electrons. The first-order valence-corrected chi connectivity index (χ1v) is 8.00. The molecule has 1 saturated heterocycles. The summed E-state index contributed by atoms with van der Waals surface area (Å²) in [5.74, 6) is -0.777. The highest BCUT2D eigenvalue weighted by Gasteiger charge is 2.30.